The van der Waals surface area contributed by atoms with Crippen LogP contribution in [0.1, 0.15) is 36.0 Å². The highest BCUT2D eigenvalue weighted by Crippen LogP contribution is 2.27. The minimum absolute atomic E-state index is 0.00506. The third-order valence-electron chi connectivity index (χ3n) is 4.55. The van der Waals surface area contributed by atoms with Gasteiger partial charge in [-0.1, -0.05) is 18.2 Å². The molecule has 9 heteroatoms. The predicted octanol–water partition coefficient (Wildman–Crippen LogP) is 1.55. The summed E-state index contributed by atoms with van der Waals surface area (Å²) in [5, 5.41) is 3.66. The van der Waals surface area contributed by atoms with Crippen molar-refractivity contribution in [3.63, 3.8) is 0 Å². The van der Waals surface area contributed by atoms with Crippen molar-refractivity contribution in [3.8, 4) is 0 Å². The first-order valence-corrected chi connectivity index (χ1v) is 10.6. The van der Waals surface area contributed by atoms with Crippen LogP contribution in [-0.2, 0) is 14.9 Å². The molecular formula is C19H26N4O4S. The molecule has 0 saturated carbocycles. The van der Waals surface area contributed by atoms with E-state index in [1.165, 1.54) is 22.7 Å². The molecule has 1 aliphatic heterocycles. The smallest absolute Gasteiger partial charge is 0.281 e. The van der Waals surface area contributed by atoms with Gasteiger partial charge in [-0.05, 0) is 26.0 Å². The molecule has 0 unspecified atom stereocenters. The van der Waals surface area contributed by atoms with E-state index in [1.807, 2.05) is 38.1 Å². The second-order valence-electron chi connectivity index (χ2n) is 7.25. The van der Waals surface area contributed by atoms with Crippen LogP contribution >= 0.6 is 0 Å². The number of carbonyl (C=O) groups is 1. The van der Waals surface area contributed by atoms with Crippen LogP contribution in [0.2, 0.25) is 0 Å². The lowest BCUT2D eigenvalue weighted by Gasteiger charge is -2.33. The second-order valence-corrected chi connectivity index (χ2v) is 9.39. The standard InChI is InChI=1S/C19H26N4O4S/c1-13(2)20-19(24)15-11-17(21-16-8-6-5-7-14(15)16)18-12-23(9-10-27-18)28(25,26)22(3)4/h5-8,11,13,18H,9-10,12H2,1-4H3,(H,20,24)/t18-/m0/s1. The number of fused-ring (bicyclic) bond motifs is 1. The average Bonchev–Trinajstić information content (AvgIpc) is 2.66. The highest BCUT2D eigenvalue weighted by molar-refractivity contribution is 7.86. The van der Waals surface area contributed by atoms with E-state index in [1.54, 1.807) is 6.07 Å². The van der Waals surface area contributed by atoms with Crippen LogP contribution in [0.4, 0.5) is 0 Å². The van der Waals surface area contributed by atoms with Crippen LogP contribution in [0.15, 0.2) is 30.3 Å². The SMILES string of the molecule is CC(C)NC(=O)c1cc([C@@H]2CN(S(=O)(=O)N(C)C)CCO2)nc2ccccc12. The molecule has 1 atom stereocenters. The van der Waals surface area contributed by atoms with Crippen LogP contribution in [0.25, 0.3) is 10.9 Å². The van der Waals surface area contributed by atoms with Crippen LogP contribution in [-0.4, -0.2) is 67.8 Å². The summed E-state index contributed by atoms with van der Waals surface area (Å²) in [7, 11) is -0.541. The van der Waals surface area contributed by atoms with Crippen molar-refractivity contribution < 1.29 is 17.9 Å². The van der Waals surface area contributed by atoms with Gasteiger partial charge in [-0.2, -0.15) is 17.0 Å². The van der Waals surface area contributed by atoms with E-state index in [4.69, 9.17) is 4.74 Å². The fourth-order valence-electron chi connectivity index (χ4n) is 3.13. The van der Waals surface area contributed by atoms with Crippen LogP contribution in [0.5, 0.6) is 0 Å². The Hall–Kier alpha value is -2.07. The zero-order valence-corrected chi connectivity index (χ0v) is 17.4. The van der Waals surface area contributed by atoms with Gasteiger partial charge in [-0.3, -0.25) is 4.79 Å². The molecule has 2 aromatic rings. The monoisotopic (exact) mass is 406 g/mol. The summed E-state index contributed by atoms with van der Waals surface area (Å²) >= 11 is 0. The number of nitrogens with one attached hydrogen (secondary N) is 1. The van der Waals surface area contributed by atoms with Gasteiger partial charge in [0, 0.05) is 38.6 Å². The van der Waals surface area contributed by atoms with Gasteiger partial charge in [0.05, 0.1) is 23.4 Å². The zero-order chi connectivity index (χ0) is 20.5. The van der Waals surface area contributed by atoms with Gasteiger partial charge in [0.2, 0.25) is 0 Å². The molecule has 1 amide bonds. The molecule has 1 aromatic carbocycles. The number of nitrogens with zero attached hydrogens (tertiary/aromatic N) is 3. The minimum Gasteiger partial charge on any atom is -0.369 e. The van der Waals surface area contributed by atoms with E-state index < -0.39 is 16.3 Å². The average molecular weight is 407 g/mol. The van der Waals surface area contributed by atoms with E-state index >= 15 is 0 Å². The van der Waals surface area contributed by atoms with Gasteiger partial charge in [0.25, 0.3) is 16.1 Å². The summed E-state index contributed by atoms with van der Waals surface area (Å²) < 4.78 is 33.3. The number of morpholine rings is 1. The summed E-state index contributed by atoms with van der Waals surface area (Å²) in [4.78, 5) is 17.4. The molecule has 1 saturated heterocycles. The molecule has 3 rings (SSSR count). The summed E-state index contributed by atoms with van der Waals surface area (Å²) in [5.41, 5.74) is 1.72. The Morgan fingerprint density at radius 2 is 2.04 bits per heavy atom. The van der Waals surface area contributed by atoms with Crippen molar-refractivity contribution in [1.29, 1.82) is 0 Å². The van der Waals surface area contributed by atoms with Gasteiger partial charge >= 0.3 is 0 Å². The molecule has 1 aliphatic rings. The van der Waals surface area contributed by atoms with Crippen molar-refractivity contribution in [2.75, 3.05) is 33.8 Å². The summed E-state index contributed by atoms with van der Waals surface area (Å²) in [6, 6.07) is 9.10. The van der Waals surface area contributed by atoms with E-state index in [2.05, 4.69) is 10.3 Å². The molecule has 2 heterocycles. The maximum absolute atomic E-state index is 12.7. The van der Waals surface area contributed by atoms with Gasteiger partial charge in [0.1, 0.15) is 6.10 Å². The Balaban J connectivity index is 2.00. The van der Waals surface area contributed by atoms with E-state index in [0.717, 1.165) is 5.39 Å². The zero-order valence-electron chi connectivity index (χ0n) is 16.5. The Labute approximate surface area is 165 Å². The fourth-order valence-corrected chi connectivity index (χ4v) is 4.22. The van der Waals surface area contributed by atoms with E-state index in [0.29, 0.717) is 16.8 Å². The molecule has 28 heavy (non-hydrogen) atoms. The number of benzene rings is 1. The molecule has 0 aliphatic carbocycles. The quantitative estimate of drug-likeness (QED) is 0.813. The molecular weight excluding hydrogens is 380 g/mol. The number of pyridine rings is 1. The number of hydrogen-bond donors (Lipinski definition) is 1. The lowest BCUT2D eigenvalue weighted by molar-refractivity contribution is -0.00608. The van der Waals surface area contributed by atoms with Crippen molar-refractivity contribution in [2.24, 2.45) is 0 Å². The van der Waals surface area contributed by atoms with Crippen molar-refractivity contribution in [2.45, 2.75) is 26.0 Å². The number of rotatable bonds is 5. The number of aromatic nitrogens is 1. The number of amides is 1. The highest BCUT2D eigenvalue weighted by atomic mass is 32.2. The number of ether oxygens (including phenoxy) is 1. The van der Waals surface area contributed by atoms with E-state index in [-0.39, 0.29) is 31.6 Å². The maximum atomic E-state index is 12.7. The molecule has 0 spiro atoms. The predicted molar refractivity (Wildman–Crippen MR) is 107 cm³/mol. The second kappa shape index (κ2) is 8.12. The van der Waals surface area contributed by atoms with Crippen LogP contribution < -0.4 is 5.32 Å². The third kappa shape index (κ3) is 4.17. The summed E-state index contributed by atoms with van der Waals surface area (Å²) in [6.07, 6.45) is -0.543. The molecule has 152 valence electrons. The molecule has 1 N–H and O–H groups in total. The van der Waals surface area contributed by atoms with Crippen molar-refractivity contribution in [3.05, 3.63) is 41.6 Å². The molecule has 1 aromatic heterocycles. The molecule has 8 nitrogen and oxygen atoms in total. The lowest BCUT2D eigenvalue weighted by Crippen LogP contribution is -2.47. The first-order chi connectivity index (χ1) is 13.2. The number of para-hydroxylation sites is 1. The van der Waals surface area contributed by atoms with Crippen LogP contribution in [0, 0.1) is 0 Å². The summed E-state index contributed by atoms with van der Waals surface area (Å²) in [5.74, 6) is -0.191. The van der Waals surface area contributed by atoms with Gasteiger partial charge in [-0.15, -0.1) is 0 Å². The topological polar surface area (TPSA) is 91.8 Å². The number of hydrogen-bond acceptors (Lipinski definition) is 5. The largest absolute Gasteiger partial charge is 0.369 e. The Morgan fingerprint density at radius 3 is 2.71 bits per heavy atom. The van der Waals surface area contributed by atoms with Crippen molar-refractivity contribution >= 4 is 27.0 Å². The Bertz CT molecular complexity index is 975. The Morgan fingerprint density at radius 1 is 1.32 bits per heavy atom. The van der Waals surface area contributed by atoms with Gasteiger partial charge < -0.3 is 10.1 Å². The first kappa shape index (κ1) is 20.7. The molecule has 1 fully saturated rings. The molecule has 0 radical (unpaired) electrons. The summed E-state index contributed by atoms with van der Waals surface area (Å²) in [6.45, 7) is 4.50. The maximum Gasteiger partial charge on any atom is 0.281 e. The van der Waals surface area contributed by atoms with E-state index in [9.17, 15) is 13.2 Å². The minimum atomic E-state index is -3.55. The first-order valence-electron chi connectivity index (χ1n) is 9.20. The van der Waals surface area contributed by atoms with Gasteiger partial charge in [-0.25, -0.2) is 4.98 Å². The fraction of sp³-hybridized carbons (Fsp3) is 0.474. The lowest BCUT2D eigenvalue weighted by atomic mass is 10.0. The number of carbonyl (C=O) groups excluding carboxylic acids is 1. The van der Waals surface area contributed by atoms with Crippen LogP contribution in [0.3, 0.4) is 0 Å². The van der Waals surface area contributed by atoms with Gasteiger partial charge in [0.15, 0.2) is 0 Å². The normalized spacial score (nSPS) is 18.7. The Kier molecular flexibility index (Phi) is 5.99. The third-order valence-corrected chi connectivity index (χ3v) is 6.45. The van der Waals surface area contributed by atoms with Crippen molar-refractivity contribution in [1.82, 2.24) is 18.9 Å². The highest BCUT2D eigenvalue weighted by Gasteiger charge is 2.33. The molecule has 0 bridgehead atoms.